The molecule has 2 aromatic carbocycles. The van der Waals surface area contributed by atoms with Crippen LogP contribution in [0.15, 0.2) is 72.3 Å². The molecule has 7 rings (SSSR count). The highest BCUT2D eigenvalue weighted by molar-refractivity contribution is 6.01. The van der Waals surface area contributed by atoms with E-state index in [2.05, 4.69) is 13.8 Å². The van der Waals surface area contributed by atoms with Gasteiger partial charge in [-0.15, -0.1) is 0 Å². The van der Waals surface area contributed by atoms with Crippen LogP contribution in [0.4, 0.5) is 5.69 Å². The van der Waals surface area contributed by atoms with Gasteiger partial charge in [0.2, 0.25) is 0 Å². The van der Waals surface area contributed by atoms with Gasteiger partial charge in [0.25, 0.3) is 0 Å². The minimum atomic E-state index is -1.35. The molecule has 220 valence electrons. The van der Waals surface area contributed by atoms with Crippen molar-refractivity contribution in [1.82, 2.24) is 0 Å². The van der Waals surface area contributed by atoms with E-state index in [1.807, 2.05) is 54.6 Å². The molecule has 7 nitrogen and oxygen atoms in total. The second kappa shape index (κ2) is 9.71. The normalized spacial score (nSPS) is 40.1. The number of aliphatic hydroxyl groups is 2. The van der Waals surface area contributed by atoms with Crippen molar-refractivity contribution >= 4 is 17.3 Å². The molecule has 7 heteroatoms. The highest BCUT2D eigenvalue weighted by atomic mass is 16.7. The Balaban J connectivity index is 1.18. The Morgan fingerprint density at radius 3 is 2.64 bits per heavy atom. The third-order valence-corrected chi connectivity index (χ3v) is 11.4. The summed E-state index contributed by atoms with van der Waals surface area (Å²) >= 11 is 0. The Hall–Kier alpha value is -3.10. The Bertz CT molecular complexity index is 1500. The number of hydrogen-bond acceptors (Lipinski definition) is 7. The fourth-order valence-electron chi connectivity index (χ4n) is 9.57. The van der Waals surface area contributed by atoms with Gasteiger partial charge in [0.05, 0.1) is 12.2 Å². The van der Waals surface area contributed by atoms with Crippen LogP contribution in [0.25, 0.3) is 0 Å². The number of aliphatic hydroxyl groups excluding tert-OH is 2. The Morgan fingerprint density at radius 1 is 1.12 bits per heavy atom. The number of ether oxygens (including phenoxy) is 2. The summed E-state index contributed by atoms with van der Waals surface area (Å²) in [5, 5.41) is 22.0. The van der Waals surface area contributed by atoms with Crippen LogP contribution >= 0.6 is 0 Å². The van der Waals surface area contributed by atoms with Gasteiger partial charge in [0.1, 0.15) is 6.61 Å². The van der Waals surface area contributed by atoms with E-state index in [4.69, 9.17) is 15.2 Å². The van der Waals surface area contributed by atoms with Gasteiger partial charge in [-0.1, -0.05) is 61.9 Å². The zero-order valence-corrected chi connectivity index (χ0v) is 24.2. The predicted octanol–water partition coefficient (Wildman–Crippen LogP) is 4.46. The molecule has 0 amide bonds. The van der Waals surface area contributed by atoms with Crippen molar-refractivity contribution in [1.29, 1.82) is 0 Å². The Kier molecular flexibility index (Phi) is 6.41. The summed E-state index contributed by atoms with van der Waals surface area (Å²) < 4.78 is 13.3. The van der Waals surface area contributed by atoms with Crippen LogP contribution in [0, 0.1) is 28.6 Å². The molecule has 4 N–H and O–H groups in total. The number of allylic oxidation sites excluding steroid dienone is 4. The summed E-state index contributed by atoms with van der Waals surface area (Å²) in [5.41, 5.74) is 8.36. The molecule has 5 aliphatic rings. The van der Waals surface area contributed by atoms with Crippen LogP contribution in [-0.4, -0.2) is 46.2 Å². The molecule has 9 atom stereocenters. The average Bonchev–Trinajstić information content (AvgIpc) is 3.46. The fraction of sp³-hybridized carbons (Fsp3) is 0.486. The van der Waals surface area contributed by atoms with Crippen molar-refractivity contribution in [3.8, 4) is 0 Å². The lowest BCUT2D eigenvalue weighted by molar-refractivity contribution is -0.201. The Labute approximate surface area is 246 Å². The second-order valence-corrected chi connectivity index (χ2v) is 13.5. The number of anilines is 1. The molecule has 1 aliphatic heterocycles. The number of carbonyl (C=O) groups is 2. The average molecular weight is 570 g/mol. The SMILES string of the molecule is C[C@]12C=CC(=O)C=C1CC[C@@H]1[C@@H]2[C@@H](O)C[C@@]2(C)[C@H]1C[C@H]1O[C@@H](c3ccc(Cc4cccc(N)c4)cc3)O[C@]12C(=O)CO. The van der Waals surface area contributed by atoms with Crippen molar-refractivity contribution in [3.05, 3.63) is 89.0 Å². The summed E-state index contributed by atoms with van der Waals surface area (Å²) in [6.45, 7) is 3.54. The quantitative estimate of drug-likeness (QED) is 0.455. The monoisotopic (exact) mass is 569 g/mol. The first-order valence-corrected chi connectivity index (χ1v) is 15.1. The molecule has 42 heavy (non-hydrogen) atoms. The lowest BCUT2D eigenvalue weighted by Gasteiger charge is -2.59. The van der Waals surface area contributed by atoms with Crippen LogP contribution < -0.4 is 5.73 Å². The van der Waals surface area contributed by atoms with E-state index in [0.29, 0.717) is 12.8 Å². The van der Waals surface area contributed by atoms with Crippen LogP contribution in [0.1, 0.15) is 62.5 Å². The van der Waals surface area contributed by atoms with E-state index in [0.717, 1.165) is 47.2 Å². The first kappa shape index (κ1) is 27.7. The van der Waals surface area contributed by atoms with Gasteiger partial charge in [-0.2, -0.15) is 0 Å². The van der Waals surface area contributed by atoms with E-state index in [-0.39, 0.29) is 29.3 Å². The van der Waals surface area contributed by atoms with Crippen LogP contribution in [-0.2, 0) is 25.5 Å². The van der Waals surface area contributed by atoms with E-state index in [1.165, 1.54) is 0 Å². The van der Waals surface area contributed by atoms with Crippen molar-refractivity contribution in [3.63, 3.8) is 0 Å². The minimum absolute atomic E-state index is 0.00425. The maximum absolute atomic E-state index is 13.7. The number of Topliss-reactive ketones (excluding diaryl/α,β-unsaturated/α-hetero) is 1. The highest BCUT2D eigenvalue weighted by Gasteiger charge is 2.75. The smallest absolute Gasteiger partial charge is 0.193 e. The minimum Gasteiger partial charge on any atom is -0.399 e. The molecule has 2 aromatic rings. The number of nitrogens with two attached hydrogens (primary N) is 1. The van der Waals surface area contributed by atoms with Crippen molar-refractivity contribution in [2.24, 2.45) is 28.6 Å². The van der Waals surface area contributed by atoms with E-state index >= 15 is 0 Å². The topological polar surface area (TPSA) is 119 Å². The molecular formula is C35H39NO6. The molecule has 1 saturated heterocycles. The van der Waals surface area contributed by atoms with Crippen LogP contribution in [0.5, 0.6) is 0 Å². The lowest BCUT2D eigenvalue weighted by Crippen LogP contribution is -2.63. The van der Waals surface area contributed by atoms with Gasteiger partial charge in [-0.05, 0) is 79.4 Å². The number of ketones is 2. The van der Waals surface area contributed by atoms with Crippen molar-refractivity contribution in [2.75, 3.05) is 12.3 Å². The lowest BCUT2D eigenvalue weighted by atomic mass is 9.46. The molecule has 3 saturated carbocycles. The number of rotatable bonds is 5. The van der Waals surface area contributed by atoms with Gasteiger partial charge in [-0.25, -0.2) is 0 Å². The largest absolute Gasteiger partial charge is 0.399 e. The molecular weight excluding hydrogens is 530 g/mol. The van der Waals surface area contributed by atoms with Crippen LogP contribution in [0.3, 0.4) is 0 Å². The van der Waals surface area contributed by atoms with Gasteiger partial charge >= 0.3 is 0 Å². The molecule has 1 heterocycles. The number of hydrogen-bond donors (Lipinski definition) is 3. The maximum atomic E-state index is 13.7. The summed E-state index contributed by atoms with van der Waals surface area (Å²) in [4.78, 5) is 25.9. The number of nitrogen functional groups attached to an aromatic ring is 1. The van der Waals surface area contributed by atoms with E-state index in [1.54, 1.807) is 12.2 Å². The van der Waals surface area contributed by atoms with Gasteiger partial charge < -0.3 is 25.4 Å². The zero-order chi connectivity index (χ0) is 29.4. The maximum Gasteiger partial charge on any atom is 0.193 e. The predicted molar refractivity (Wildman–Crippen MR) is 157 cm³/mol. The van der Waals surface area contributed by atoms with E-state index < -0.39 is 41.5 Å². The van der Waals surface area contributed by atoms with E-state index in [9.17, 15) is 19.8 Å². The molecule has 0 unspecified atom stereocenters. The number of benzene rings is 2. The molecule has 0 spiro atoms. The fourth-order valence-corrected chi connectivity index (χ4v) is 9.57. The van der Waals surface area contributed by atoms with Gasteiger partial charge in [0, 0.05) is 28.0 Å². The highest BCUT2D eigenvalue weighted by Crippen LogP contribution is 2.70. The summed E-state index contributed by atoms with van der Waals surface area (Å²) in [7, 11) is 0. The first-order chi connectivity index (χ1) is 20.1. The summed E-state index contributed by atoms with van der Waals surface area (Å²) in [6, 6.07) is 15.9. The molecule has 0 bridgehead atoms. The van der Waals surface area contributed by atoms with Gasteiger partial charge in [0.15, 0.2) is 23.5 Å². The Morgan fingerprint density at radius 2 is 1.90 bits per heavy atom. The van der Waals surface area contributed by atoms with Gasteiger partial charge in [-0.3, -0.25) is 9.59 Å². The summed E-state index contributed by atoms with van der Waals surface area (Å²) in [5.74, 6) is -0.246. The van der Waals surface area contributed by atoms with Crippen molar-refractivity contribution < 1.29 is 29.3 Å². The molecule has 4 aliphatic carbocycles. The van der Waals surface area contributed by atoms with Crippen LogP contribution in [0.2, 0.25) is 0 Å². The third-order valence-electron chi connectivity index (χ3n) is 11.4. The molecule has 4 fully saturated rings. The summed E-state index contributed by atoms with van der Waals surface area (Å²) in [6.07, 6.45) is 6.73. The molecule has 0 aromatic heterocycles. The molecule has 0 radical (unpaired) electrons. The third kappa shape index (κ3) is 3.87. The standard InChI is InChI=1S/C35H39NO6/c1-33-13-12-25(38)16-23(33)10-11-26-27-17-30-35(29(40)19-37,34(27,2)18-28(39)31(26)33)42-32(41-30)22-8-6-20(7-9-22)14-21-4-3-5-24(36)15-21/h3-9,12-13,15-16,26-28,30-32,37,39H,10-11,14,17-19,36H2,1-2H3/t26-,27-,28-,30+,31+,32+,33-,34-,35+/m0/s1. The second-order valence-electron chi connectivity index (χ2n) is 13.5. The number of carbonyl (C=O) groups excluding carboxylic acids is 2. The zero-order valence-electron chi connectivity index (χ0n) is 24.2. The van der Waals surface area contributed by atoms with Crippen molar-refractivity contribution in [2.45, 2.75) is 70.1 Å². The first-order valence-electron chi connectivity index (χ1n) is 15.1. The number of fused-ring (bicyclic) bond motifs is 7.